The number of ether oxygens (including phenoxy) is 4. The average molecular weight is 945 g/mol. The van der Waals surface area contributed by atoms with Crippen molar-refractivity contribution in [3.05, 3.63) is 144 Å². The number of aliphatic carboxylic acids is 1. The van der Waals surface area contributed by atoms with Crippen molar-refractivity contribution in [1.82, 2.24) is 0 Å². The van der Waals surface area contributed by atoms with Gasteiger partial charge in [0.1, 0.15) is 34.6 Å². The maximum atomic E-state index is 11.4. The Hall–Kier alpha value is -6.80. The lowest BCUT2D eigenvalue weighted by atomic mass is 10.0. The van der Waals surface area contributed by atoms with Crippen LogP contribution >= 0.6 is 22.7 Å². The Kier molecular flexibility index (Phi) is 17.9. The van der Waals surface area contributed by atoms with E-state index in [0.717, 1.165) is 139 Å². The van der Waals surface area contributed by atoms with Gasteiger partial charge in [-0.3, -0.25) is 0 Å². The van der Waals surface area contributed by atoms with Gasteiger partial charge < -0.3 is 29.0 Å². The Morgan fingerprint density at radius 2 is 0.868 bits per heavy atom. The number of carboxylic acid groups (broad SMARTS) is 1. The van der Waals surface area contributed by atoms with E-state index in [9.17, 15) is 15.2 Å². The summed E-state index contributed by atoms with van der Waals surface area (Å²) >= 11 is 3.14. The topological polar surface area (TPSA) is 101 Å². The molecule has 0 aliphatic heterocycles. The van der Waals surface area contributed by atoms with E-state index in [0.29, 0.717) is 26.4 Å². The number of rotatable bonds is 25. The lowest BCUT2D eigenvalue weighted by Crippen LogP contribution is -2.09. The molecule has 5 aromatic carbocycles. The van der Waals surface area contributed by atoms with Crippen LogP contribution in [0.3, 0.4) is 0 Å². The quantitative estimate of drug-likeness (QED) is 0.0343. The van der Waals surface area contributed by atoms with E-state index in [2.05, 4.69) is 142 Å². The molecule has 2 heterocycles. The molecule has 68 heavy (non-hydrogen) atoms. The fraction of sp³-hybridized carbons (Fsp3) is 0.276. The first-order valence-electron chi connectivity index (χ1n) is 23.8. The van der Waals surface area contributed by atoms with Crippen LogP contribution in [0.2, 0.25) is 0 Å². The summed E-state index contributed by atoms with van der Waals surface area (Å²) < 4.78 is 24.8. The minimum atomic E-state index is -1.23. The van der Waals surface area contributed by atoms with E-state index in [1.165, 1.54) is 17.4 Å². The van der Waals surface area contributed by atoms with Crippen LogP contribution in [-0.2, 0) is 4.79 Å². The summed E-state index contributed by atoms with van der Waals surface area (Å²) in [6.45, 7) is 11.3. The van der Waals surface area contributed by atoms with Crippen LogP contribution < -0.4 is 23.8 Å². The molecule has 8 nitrogen and oxygen atoms in total. The van der Waals surface area contributed by atoms with Crippen molar-refractivity contribution >= 4 is 51.8 Å². The van der Waals surface area contributed by atoms with Gasteiger partial charge in [-0.25, -0.2) is 4.79 Å². The van der Waals surface area contributed by atoms with E-state index in [1.54, 1.807) is 17.4 Å². The third kappa shape index (κ3) is 13.2. The molecule has 0 fully saturated rings. The van der Waals surface area contributed by atoms with E-state index in [4.69, 9.17) is 18.9 Å². The van der Waals surface area contributed by atoms with E-state index in [1.807, 2.05) is 24.3 Å². The zero-order chi connectivity index (χ0) is 47.7. The SMILES string of the molecule is CCCCOc1cc(OCCCC)cc(-c2ccc(N(c3ccc(-c4cc(OCCCC)cc(OCCCC)c4)cc3)c3ccc(-c4ccc(-c5ccc(/C=C(/C#N)C(=O)O)s5)s4)cc3)cc2)c1. The summed E-state index contributed by atoms with van der Waals surface area (Å²) in [5.74, 6) is 2.01. The van der Waals surface area contributed by atoms with Crippen molar-refractivity contribution in [2.75, 3.05) is 31.3 Å². The van der Waals surface area contributed by atoms with Crippen LogP contribution in [0.25, 0.3) is 48.5 Å². The molecule has 0 saturated heterocycles. The number of thiophene rings is 2. The van der Waals surface area contributed by atoms with Crippen molar-refractivity contribution in [2.24, 2.45) is 0 Å². The molecular formula is C58H60N2O6S2. The molecule has 7 rings (SSSR count). The Bertz CT molecular complexity index is 2620. The number of nitriles is 1. The van der Waals surface area contributed by atoms with Crippen LogP contribution in [-0.4, -0.2) is 37.5 Å². The molecule has 0 atom stereocenters. The molecule has 0 bridgehead atoms. The van der Waals surface area contributed by atoms with Crippen molar-refractivity contribution in [2.45, 2.75) is 79.1 Å². The van der Waals surface area contributed by atoms with Gasteiger partial charge in [-0.15, -0.1) is 22.7 Å². The lowest BCUT2D eigenvalue weighted by molar-refractivity contribution is -0.132. The van der Waals surface area contributed by atoms with Gasteiger partial charge in [0.2, 0.25) is 0 Å². The summed E-state index contributed by atoms with van der Waals surface area (Å²) in [5.41, 5.74) is 8.01. The molecule has 10 heteroatoms. The van der Waals surface area contributed by atoms with E-state index in [-0.39, 0.29) is 5.57 Å². The normalized spacial score (nSPS) is 11.2. The number of hydrogen-bond donors (Lipinski definition) is 1. The molecule has 1 N–H and O–H groups in total. The van der Waals surface area contributed by atoms with Crippen LogP contribution in [0, 0.1) is 11.3 Å². The van der Waals surface area contributed by atoms with Gasteiger partial charge in [0.15, 0.2) is 0 Å². The zero-order valence-electron chi connectivity index (χ0n) is 39.5. The second kappa shape index (κ2) is 24.8. The van der Waals surface area contributed by atoms with Crippen molar-refractivity contribution < 1.29 is 28.8 Å². The first-order valence-corrected chi connectivity index (χ1v) is 25.4. The minimum absolute atomic E-state index is 0.286. The average Bonchev–Trinajstić information content (AvgIpc) is 4.05. The highest BCUT2D eigenvalue weighted by Gasteiger charge is 2.17. The molecule has 0 spiro atoms. The fourth-order valence-electron chi connectivity index (χ4n) is 7.45. The molecule has 0 aliphatic rings. The summed E-state index contributed by atoms with van der Waals surface area (Å²) in [7, 11) is 0. The zero-order valence-corrected chi connectivity index (χ0v) is 41.1. The summed E-state index contributed by atoms with van der Waals surface area (Å²) in [5, 5.41) is 18.6. The smallest absolute Gasteiger partial charge is 0.346 e. The number of carboxylic acids is 1. The number of nitrogens with zero attached hydrogens (tertiary/aromatic N) is 2. The largest absolute Gasteiger partial charge is 0.493 e. The predicted octanol–water partition coefficient (Wildman–Crippen LogP) is 16.7. The van der Waals surface area contributed by atoms with Gasteiger partial charge in [0.25, 0.3) is 0 Å². The lowest BCUT2D eigenvalue weighted by Gasteiger charge is -2.26. The fourth-order valence-corrected chi connectivity index (χ4v) is 9.50. The Morgan fingerprint density at radius 1 is 0.500 bits per heavy atom. The van der Waals surface area contributed by atoms with E-state index < -0.39 is 5.97 Å². The number of unbranched alkanes of at least 4 members (excludes halogenated alkanes) is 4. The molecule has 0 amide bonds. The maximum Gasteiger partial charge on any atom is 0.346 e. The predicted molar refractivity (Wildman–Crippen MR) is 281 cm³/mol. The van der Waals surface area contributed by atoms with Crippen LogP contribution in [0.15, 0.2) is 139 Å². The maximum absolute atomic E-state index is 11.4. The Morgan fingerprint density at radius 3 is 1.25 bits per heavy atom. The molecule has 0 aliphatic carbocycles. The van der Waals surface area contributed by atoms with Crippen LogP contribution in [0.5, 0.6) is 23.0 Å². The number of benzene rings is 5. The van der Waals surface area contributed by atoms with Gasteiger partial charge in [-0.05, 0) is 145 Å². The molecule has 350 valence electrons. The number of carbonyl (C=O) groups is 1. The van der Waals surface area contributed by atoms with Gasteiger partial charge in [-0.2, -0.15) is 5.26 Å². The van der Waals surface area contributed by atoms with E-state index >= 15 is 0 Å². The third-order valence-electron chi connectivity index (χ3n) is 11.3. The van der Waals surface area contributed by atoms with Crippen LogP contribution in [0.1, 0.15) is 83.9 Å². The molecule has 0 radical (unpaired) electrons. The summed E-state index contributed by atoms with van der Waals surface area (Å²) in [4.78, 5) is 17.6. The highest BCUT2D eigenvalue weighted by atomic mass is 32.1. The summed E-state index contributed by atoms with van der Waals surface area (Å²) in [6, 6.07) is 48.2. The van der Waals surface area contributed by atoms with Gasteiger partial charge in [-0.1, -0.05) is 89.8 Å². The molecule has 0 saturated carbocycles. The Labute approximate surface area is 409 Å². The monoisotopic (exact) mass is 944 g/mol. The molecular weight excluding hydrogens is 885 g/mol. The molecule has 0 unspecified atom stereocenters. The second-order valence-corrected chi connectivity index (χ2v) is 18.7. The number of anilines is 3. The minimum Gasteiger partial charge on any atom is -0.493 e. The van der Waals surface area contributed by atoms with Crippen molar-refractivity contribution in [3.8, 4) is 71.5 Å². The van der Waals surface area contributed by atoms with Crippen molar-refractivity contribution in [1.29, 1.82) is 5.26 Å². The highest BCUT2D eigenvalue weighted by Crippen LogP contribution is 2.42. The highest BCUT2D eigenvalue weighted by molar-refractivity contribution is 7.24. The van der Waals surface area contributed by atoms with Crippen LogP contribution in [0.4, 0.5) is 17.1 Å². The molecule has 7 aromatic rings. The van der Waals surface area contributed by atoms with Crippen molar-refractivity contribution in [3.63, 3.8) is 0 Å². The summed E-state index contributed by atoms with van der Waals surface area (Å²) in [6.07, 6.45) is 9.63. The number of hydrogen-bond acceptors (Lipinski definition) is 9. The van der Waals surface area contributed by atoms with Gasteiger partial charge >= 0.3 is 5.97 Å². The standard InChI is InChI=1S/C58H60N2O6S2/c1-5-9-29-63-50-33-44(34-51(38-50)64-30-10-6-2)41-13-19-47(20-14-41)60(48-21-15-42(16-22-48)45-35-52(65-31-11-7-3)39-53(36-45)66-32-12-8-4)49-23-17-43(18-24-49)55-27-28-57(68-55)56-26-25-54(67-56)37-46(40-59)58(61)62/h13-28,33-39H,5-12,29-32H2,1-4H3,(H,61,62)/b46-37-. The first kappa shape index (κ1) is 49.1. The second-order valence-electron chi connectivity index (χ2n) is 16.5. The van der Waals surface area contributed by atoms with Gasteiger partial charge in [0, 0.05) is 48.7 Å². The third-order valence-corrected chi connectivity index (χ3v) is 13.6. The first-order chi connectivity index (χ1) is 33.3. The van der Waals surface area contributed by atoms with Gasteiger partial charge in [0.05, 0.1) is 26.4 Å². The Balaban J connectivity index is 1.21. The molecule has 2 aromatic heterocycles.